The van der Waals surface area contributed by atoms with E-state index in [1.807, 2.05) is 0 Å². The second-order valence-corrected chi connectivity index (χ2v) is 5.30. The van der Waals surface area contributed by atoms with E-state index in [2.05, 4.69) is 60.8 Å². The summed E-state index contributed by atoms with van der Waals surface area (Å²) < 4.78 is 0. The monoisotopic (exact) mass is 237 g/mol. The lowest BCUT2D eigenvalue weighted by Gasteiger charge is -2.26. The number of fused-ring (bicyclic) bond motifs is 1. The first-order valence-electron chi connectivity index (χ1n) is 6.68. The highest BCUT2D eigenvalue weighted by Crippen LogP contribution is 2.27. The van der Waals surface area contributed by atoms with Crippen molar-refractivity contribution >= 4 is 5.69 Å². The quantitative estimate of drug-likeness (QED) is 0.837. The molecule has 0 aromatic heterocycles. The van der Waals surface area contributed by atoms with Gasteiger partial charge in [-0.25, -0.2) is 0 Å². The number of rotatable bonds is 2. The molecule has 1 heterocycles. The van der Waals surface area contributed by atoms with E-state index in [1.165, 1.54) is 35.2 Å². The molecular weight excluding hydrogens is 218 g/mol. The van der Waals surface area contributed by atoms with Crippen molar-refractivity contribution in [1.82, 2.24) is 0 Å². The maximum Gasteiger partial charge on any atom is 0.0373 e. The predicted molar refractivity (Wildman–Crippen MR) is 77.0 cm³/mol. The van der Waals surface area contributed by atoms with Crippen molar-refractivity contribution in [3.05, 3.63) is 65.2 Å². The largest absolute Gasteiger partial charge is 0.385 e. The van der Waals surface area contributed by atoms with Gasteiger partial charge in [0.25, 0.3) is 0 Å². The summed E-state index contributed by atoms with van der Waals surface area (Å²) in [6, 6.07) is 17.5. The molecule has 0 fully saturated rings. The number of hydrogen-bond donors (Lipinski definition) is 1. The first kappa shape index (κ1) is 11.3. The maximum absolute atomic E-state index is 3.56. The van der Waals surface area contributed by atoms with Crippen molar-refractivity contribution < 1.29 is 0 Å². The van der Waals surface area contributed by atoms with Gasteiger partial charge in [-0.3, -0.25) is 0 Å². The number of aryl methyl sites for hydroxylation is 1. The summed E-state index contributed by atoms with van der Waals surface area (Å²) in [7, 11) is 0. The van der Waals surface area contributed by atoms with Gasteiger partial charge >= 0.3 is 0 Å². The second kappa shape index (κ2) is 4.85. The molecule has 1 aliphatic heterocycles. The fourth-order valence-electron chi connectivity index (χ4n) is 2.79. The predicted octanol–water partition coefficient (Wildman–Crippen LogP) is 3.82. The molecule has 2 aromatic carbocycles. The molecule has 1 N–H and O–H groups in total. The highest BCUT2D eigenvalue weighted by Gasteiger charge is 2.18. The van der Waals surface area contributed by atoms with Gasteiger partial charge in [-0.15, -0.1) is 0 Å². The van der Waals surface area contributed by atoms with Crippen LogP contribution in [-0.2, 0) is 12.8 Å². The summed E-state index contributed by atoms with van der Waals surface area (Å²) in [6.45, 7) is 3.26. The Kier molecular flexibility index (Phi) is 3.06. The van der Waals surface area contributed by atoms with Crippen LogP contribution in [-0.4, -0.2) is 6.54 Å². The normalized spacial score (nSPS) is 17.9. The molecular formula is C17H19N. The van der Waals surface area contributed by atoms with E-state index >= 15 is 0 Å². The van der Waals surface area contributed by atoms with Gasteiger partial charge in [-0.05, 0) is 42.9 Å². The molecule has 92 valence electrons. The number of benzene rings is 2. The first-order valence-corrected chi connectivity index (χ1v) is 6.68. The van der Waals surface area contributed by atoms with Crippen molar-refractivity contribution in [2.24, 2.45) is 5.92 Å². The van der Waals surface area contributed by atoms with Crippen LogP contribution >= 0.6 is 0 Å². The standard InChI is InChI=1S/C17H19N/c1-13-7-8-17-16(9-13)11-15(12-18-17)10-14-5-3-2-4-6-14/h2-9,15,18H,10-12H2,1H3. The third-order valence-electron chi connectivity index (χ3n) is 3.72. The van der Waals surface area contributed by atoms with E-state index in [0.29, 0.717) is 5.92 Å². The van der Waals surface area contributed by atoms with Gasteiger partial charge in [0.05, 0.1) is 0 Å². The minimum atomic E-state index is 0.710. The first-order chi connectivity index (χ1) is 8.81. The minimum absolute atomic E-state index is 0.710. The Morgan fingerprint density at radius 3 is 2.78 bits per heavy atom. The van der Waals surface area contributed by atoms with E-state index in [4.69, 9.17) is 0 Å². The van der Waals surface area contributed by atoms with Gasteiger partial charge in [0, 0.05) is 12.2 Å². The van der Waals surface area contributed by atoms with E-state index in [1.54, 1.807) is 0 Å². The van der Waals surface area contributed by atoms with Crippen LogP contribution in [0.5, 0.6) is 0 Å². The molecule has 0 spiro atoms. The lowest BCUT2D eigenvalue weighted by atomic mass is 9.88. The summed E-state index contributed by atoms with van der Waals surface area (Å²) in [5, 5.41) is 3.56. The van der Waals surface area contributed by atoms with Crippen molar-refractivity contribution in [2.75, 3.05) is 11.9 Å². The molecule has 1 unspecified atom stereocenters. The fraction of sp³-hybridized carbons (Fsp3) is 0.294. The smallest absolute Gasteiger partial charge is 0.0373 e. The number of nitrogens with one attached hydrogen (secondary N) is 1. The van der Waals surface area contributed by atoms with Gasteiger partial charge < -0.3 is 5.32 Å². The van der Waals surface area contributed by atoms with Crippen LogP contribution in [0.25, 0.3) is 0 Å². The summed E-state index contributed by atoms with van der Waals surface area (Å²) in [5.74, 6) is 0.710. The minimum Gasteiger partial charge on any atom is -0.385 e. The Morgan fingerprint density at radius 2 is 1.94 bits per heavy atom. The summed E-state index contributed by atoms with van der Waals surface area (Å²) >= 11 is 0. The molecule has 0 amide bonds. The van der Waals surface area contributed by atoms with Crippen LogP contribution in [0.15, 0.2) is 48.5 Å². The van der Waals surface area contributed by atoms with Gasteiger partial charge in [-0.1, -0.05) is 48.0 Å². The van der Waals surface area contributed by atoms with Gasteiger partial charge in [-0.2, -0.15) is 0 Å². The summed E-state index contributed by atoms with van der Waals surface area (Å²) in [4.78, 5) is 0. The van der Waals surface area contributed by atoms with E-state index in [-0.39, 0.29) is 0 Å². The van der Waals surface area contributed by atoms with Crippen molar-refractivity contribution in [3.8, 4) is 0 Å². The molecule has 0 saturated heterocycles. The number of anilines is 1. The maximum atomic E-state index is 3.56. The third-order valence-corrected chi connectivity index (χ3v) is 3.72. The highest BCUT2D eigenvalue weighted by atomic mass is 14.9. The van der Waals surface area contributed by atoms with Crippen molar-refractivity contribution in [2.45, 2.75) is 19.8 Å². The zero-order chi connectivity index (χ0) is 12.4. The van der Waals surface area contributed by atoms with Gasteiger partial charge in [0.2, 0.25) is 0 Å². The topological polar surface area (TPSA) is 12.0 Å². The lowest BCUT2D eigenvalue weighted by Crippen LogP contribution is -2.24. The van der Waals surface area contributed by atoms with Crippen LogP contribution in [0.2, 0.25) is 0 Å². The Bertz CT molecular complexity index is 531. The highest BCUT2D eigenvalue weighted by molar-refractivity contribution is 5.54. The molecule has 1 nitrogen and oxygen atoms in total. The molecule has 2 aromatic rings. The van der Waals surface area contributed by atoms with Gasteiger partial charge in [0.15, 0.2) is 0 Å². The molecule has 1 atom stereocenters. The Labute approximate surface area is 109 Å². The summed E-state index contributed by atoms with van der Waals surface area (Å²) in [5.41, 5.74) is 5.60. The Hall–Kier alpha value is -1.76. The average Bonchev–Trinajstić information content (AvgIpc) is 2.39. The lowest BCUT2D eigenvalue weighted by molar-refractivity contribution is 0.535. The molecule has 1 heteroatoms. The van der Waals surface area contributed by atoms with Gasteiger partial charge in [0.1, 0.15) is 0 Å². The fourth-order valence-corrected chi connectivity index (χ4v) is 2.79. The van der Waals surface area contributed by atoms with Crippen molar-refractivity contribution in [3.63, 3.8) is 0 Å². The molecule has 18 heavy (non-hydrogen) atoms. The van der Waals surface area contributed by atoms with E-state index in [0.717, 1.165) is 6.54 Å². The molecule has 1 aliphatic rings. The number of hydrogen-bond acceptors (Lipinski definition) is 1. The molecule has 0 bridgehead atoms. The van der Waals surface area contributed by atoms with Crippen LogP contribution < -0.4 is 5.32 Å². The second-order valence-electron chi connectivity index (χ2n) is 5.30. The molecule has 0 aliphatic carbocycles. The van der Waals surface area contributed by atoms with Crippen LogP contribution in [0, 0.1) is 12.8 Å². The van der Waals surface area contributed by atoms with E-state index in [9.17, 15) is 0 Å². The SMILES string of the molecule is Cc1ccc2c(c1)CC(Cc1ccccc1)CN2. The zero-order valence-electron chi connectivity index (χ0n) is 10.8. The van der Waals surface area contributed by atoms with E-state index < -0.39 is 0 Å². The van der Waals surface area contributed by atoms with Crippen LogP contribution in [0.4, 0.5) is 5.69 Å². The zero-order valence-corrected chi connectivity index (χ0v) is 10.8. The third kappa shape index (κ3) is 2.40. The van der Waals surface area contributed by atoms with Crippen LogP contribution in [0.1, 0.15) is 16.7 Å². The van der Waals surface area contributed by atoms with Crippen molar-refractivity contribution in [1.29, 1.82) is 0 Å². The average molecular weight is 237 g/mol. The Morgan fingerprint density at radius 1 is 1.11 bits per heavy atom. The Balaban J connectivity index is 1.75. The molecule has 0 radical (unpaired) electrons. The molecule has 0 saturated carbocycles. The van der Waals surface area contributed by atoms with Crippen LogP contribution in [0.3, 0.4) is 0 Å². The molecule has 3 rings (SSSR count). The summed E-state index contributed by atoms with van der Waals surface area (Å²) in [6.07, 6.45) is 2.36.